The largest absolute Gasteiger partial charge is 0.330 e. The minimum Gasteiger partial charge on any atom is -0.330 e. The summed E-state index contributed by atoms with van der Waals surface area (Å²) >= 11 is 0. The molecule has 1 heterocycles. The standard InChI is InChI=1S/C12H13FN2/c1-9-10(2)15(8-14-9)7-11-5-3-4-6-12(11)13/h3-6,8H,7H2,1-2H3. The van der Waals surface area contributed by atoms with E-state index in [-0.39, 0.29) is 5.82 Å². The van der Waals surface area contributed by atoms with Gasteiger partial charge in [-0.1, -0.05) is 18.2 Å². The van der Waals surface area contributed by atoms with E-state index in [9.17, 15) is 4.39 Å². The van der Waals surface area contributed by atoms with Gasteiger partial charge < -0.3 is 4.57 Å². The lowest BCUT2D eigenvalue weighted by Crippen LogP contribution is -2.02. The SMILES string of the molecule is Cc1ncn(Cc2ccccc2F)c1C. The first-order chi connectivity index (χ1) is 7.18. The van der Waals surface area contributed by atoms with Crippen LogP contribution >= 0.6 is 0 Å². The van der Waals surface area contributed by atoms with Crippen molar-refractivity contribution in [1.29, 1.82) is 0 Å². The number of hydrogen-bond acceptors (Lipinski definition) is 1. The van der Waals surface area contributed by atoms with E-state index in [1.165, 1.54) is 6.07 Å². The maximum absolute atomic E-state index is 13.4. The first kappa shape index (κ1) is 9.90. The number of aryl methyl sites for hydroxylation is 1. The lowest BCUT2D eigenvalue weighted by atomic mass is 10.2. The van der Waals surface area contributed by atoms with E-state index in [0.717, 1.165) is 11.4 Å². The van der Waals surface area contributed by atoms with E-state index >= 15 is 0 Å². The Morgan fingerprint density at radius 1 is 1.27 bits per heavy atom. The van der Waals surface area contributed by atoms with Crippen LogP contribution in [-0.2, 0) is 6.54 Å². The Morgan fingerprint density at radius 2 is 2.00 bits per heavy atom. The van der Waals surface area contributed by atoms with Gasteiger partial charge in [-0.25, -0.2) is 9.37 Å². The number of nitrogens with zero attached hydrogens (tertiary/aromatic N) is 2. The van der Waals surface area contributed by atoms with Gasteiger partial charge in [-0.3, -0.25) is 0 Å². The summed E-state index contributed by atoms with van der Waals surface area (Å²) in [5.74, 6) is -0.164. The average molecular weight is 204 g/mol. The molecule has 0 bridgehead atoms. The van der Waals surface area contributed by atoms with Gasteiger partial charge in [-0.2, -0.15) is 0 Å². The molecule has 78 valence electrons. The molecular weight excluding hydrogens is 191 g/mol. The number of hydrogen-bond donors (Lipinski definition) is 0. The van der Waals surface area contributed by atoms with Gasteiger partial charge in [-0.05, 0) is 19.9 Å². The molecule has 1 aromatic heterocycles. The van der Waals surface area contributed by atoms with Crippen molar-refractivity contribution in [2.24, 2.45) is 0 Å². The molecule has 0 saturated carbocycles. The fourth-order valence-corrected chi connectivity index (χ4v) is 1.51. The Morgan fingerprint density at radius 3 is 2.60 bits per heavy atom. The van der Waals surface area contributed by atoms with E-state index < -0.39 is 0 Å². The minimum absolute atomic E-state index is 0.164. The zero-order valence-electron chi connectivity index (χ0n) is 8.87. The Balaban J connectivity index is 2.30. The number of aromatic nitrogens is 2. The highest BCUT2D eigenvalue weighted by Gasteiger charge is 2.05. The molecular formula is C12H13FN2. The molecule has 0 radical (unpaired) electrons. The molecule has 0 fully saturated rings. The van der Waals surface area contributed by atoms with Crippen molar-refractivity contribution in [1.82, 2.24) is 9.55 Å². The Kier molecular flexibility index (Phi) is 2.54. The van der Waals surface area contributed by atoms with Crippen LogP contribution in [0.2, 0.25) is 0 Å². The highest BCUT2D eigenvalue weighted by molar-refractivity contribution is 5.19. The van der Waals surface area contributed by atoms with E-state index in [2.05, 4.69) is 4.98 Å². The van der Waals surface area contributed by atoms with Crippen molar-refractivity contribution in [3.05, 3.63) is 53.4 Å². The van der Waals surface area contributed by atoms with Crippen LogP contribution in [0.5, 0.6) is 0 Å². The molecule has 0 aliphatic carbocycles. The monoisotopic (exact) mass is 204 g/mol. The molecule has 0 amide bonds. The maximum Gasteiger partial charge on any atom is 0.128 e. The number of benzene rings is 1. The molecule has 0 unspecified atom stereocenters. The summed E-state index contributed by atoms with van der Waals surface area (Å²) < 4.78 is 15.3. The number of rotatable bonds is 2. The molecule has 0 spiro atoms. The highest BCUT2D eigenvalue weighted by atomic mass is 19.1. The normalized spacial score (nSPS) is 10.6. The summed E-state index contributed by atoms with van der Waals surface area (Å²) in [6, 6.07) is 6.82. The van der Waals surface area contributed by atoms with E-state index in [4.69, 9.17) is 0 Å². The lowest BCUT2D eigenvalue weighted by molar-refractivity contribution is 0.597. The number of halogens is 1. The maximum atomic E-state index is 13.4. The summed E-state index contributed by atoms with van der Waals surface area (Å²) in [6.45, 7) is 4.48. The van der Waals surface area contributed by atoms with Crippen molar-refractivity contribution in [3.63, 3.8) is 0 Å². The highest BCUT2D eigenvalue weighted by Crippen LogP contribution is 2.11. The predicted molar refractivity (Wildman–Crippen MR) is 57.2 cm³/mol. The molecule has 2 rings (SSSR count). The first-order valence-electron chi connectivity index (χ1n) is 4.90. The number of imidazole rings is 1. The molecule has 2 nitrogen and oxygen atoms in total. The zero-order chi connectivity index (χ0) is 10.8. The molecule has 15 heavy (non-hydrogen) atoms. The Hall–Kier alpha value is -1.64. The van der Waals surface area contributed by atoms with E-state index in [1.807, 2.05) is 24.5 Å². The summed E-state index contributed by atoms with van der Waals surface area (Å²) in [5.41, 5.74) is 2.77. The summed E-state index contributed by atoms with van der Waals surface area (Å²) in [6.07, 6.45) is 1.75. The second kappa shape index (κ2) is 3.85. The molecule has 0 saturated heterocycles. The minimum atomic E-state index is -0.164. The third-order valence-corrected chi connectivity index (χ3v) is 2.64. The average Bonchev–Trinajstić information content (AvgIpc) is 2.53. The van der Waals surface area contributed by atoms with Crippen molar-refractivity contribution in [2.45, 2.75) is 20.4 Å². The molecule has 0 aliphatic rings. The molecule has 3 heteroatoms. The van der Waals surface area contributed by atoms with Crippen LogP contribution < -0.4 is 0 Å². The predicted octanol–water partition coefficient (Wildman–Crippen LogP) is 2.69. The second-order valence-electron chi connectivity index (χ2n) is 3.63. The van der Waals surface area contributed by atoms with Gasteiger partial charge in [0.15, 0.2) is 0 Å². The third-order valence-electron chi connectivity index (χ3n) is 2.64. The van der Waals surface area contributed by atoms with E-state index in [1.54, 1.807) is 18.5 Å². The van der Waals surface area contributed by atoms with Crippen LogP contribution in [0, 0.1) is 19.7 Å². The van der Waals surface area contributed by atoms with Crippen LogP contribution in [0.15, 0.2) is 30.6 Å². The fourth-order valence-electron chi connectivity index (χ4n) is 1.51. The zero-order valence-corrected chi connectivity index (χ0v) is 8.87. The van der Waals surface area contributed by atoms with Crippen molar-refractivity contribution in [2.75, 3.05) is 0 Å². The van der Waals surface area contributed by atoms with Crippen molar-refractivity contribution >= 4 is 0 Å². The quantitative estimate of drug-likeness (QED) is 0.735. The van der Waals surface area contributed by atoms with Crippen LogP contribution in [0.25, 0.3) is 0 Å². The van der Waals surface area contributed by atoms with Crippen LogP contribution in [0.1, 0.15) is 17.0 Å². The molecule has 0 aliphatic heterocycles. The summed E-state index contributed by atoms with van der Waals surface area (Å²) in [7, 11) is 0. The Labute approximate surface area is 88.4 Å². The third kappa shape index (κ3) is 1.91. The summed E-state index contributed by atoms with van der Waals surface area (Å²) in [5, 5.41) is 0. The van der Waals surface area contributed by atoms with Gasteiger partial charge in [0.2, 0.25) is 0 Å². The van der Waals surface area contributed by atoms with Crippen molar-refractivity contribution < 1.29 is 4.39 Å². The molecule has 0 atom stereocenters. The van der Waals surface area contributed by atoms with Gasteiger partial charge >= 0.3 is 0 Å². The van der Waals surface area contributed by atoms with Gasteiger partial charge in [0, 0.05) is 11.3 Å². The van der Waals surface area contributed by atoms with Gasteiger partial charge in [0.25, 0.3) is 0 Å². The molecule has 0 N–H and O–H groups in total. The van der Waals surface area contributed by atoms with E-state index in [0.29, 0.717) is 12.1 Å². The Bertz CT molecular complexity index is 474. The van der Waals surface area contributed by atoms with Gasteiger partial charge in [-0.15, -0.1) is 0 Å². The smallest absolute Gasteiger partial charge is 0.128 e. The molecule has 2 aromatic rings. The van der Waals surface area contributed by atoms with Crippen LogP contribution in [0.3, 0.4) is 0 Å². The van der Waals surface area contributed by atoms with Crippen LogP contribution in [0.4, 0.5) is 4.39 Å². The van der Waals surface area contributed by atoms with Crippen LogP contribution in [-0.4, -0.2) is 9.55 Å². The first-order valence-corrected chi connectivity index (χ1v) is 4.90. The topological polar surface area (TPSA) is 17.8 Å². The lowest BCUT2D eigenvalue weighted by Gasteiger charge is -2.06. The fraction of sp³-hybridized carbons (Fsp3) is 0.250. The van der Waals surface area contributed by atoms with Gasteiger partial charge in [0.05, 0.1) is 18.6 Å². The second-order valence-corrected chi connectivity index (χ2v) is 3.63. The van der Waals surface area contributed by atoms with Gasteiger partial charge in [0.1, 0.15) is 5.82 Å². The summed E-state index contributed by atoms with van der Waals surface area (Å²) in [4.78, 5) is 4.18. The van der Waals surface area contributed by atoms with Crippen molar-refractivity contribution in [3.8, 4) is 0 Å². The molecule has 1 aromatic carbocycles.